The van der Waals surface area contributed by atoms with Crippen molar-refractivity contribution >= 4 is 23.2 Å². The minimum absolute atomic E-state index is 0.00305. The van der Waals surface area contributed by atoms with Crippen LogP contribution < -0.4 is 0 Å². The van der Waals surface area contributed by atoms with Crippen LogP contribution in [0.5, 0.6) is 0 Å². The van der Waals surface area contributed by atoms with Crippen LogP contribution in [0, 0.1) is 12.8 Å². The van der Waals surface area contributed by atoms with Crippen LogP contribution in [0.3, 0.4) is 0 Å². The fraction of sp³-hybridized carbons (Fsp3) is 0.688. The van der Waals surface area contributed by atoms with Gasteiger partial charge in [0.05, 0.1) is 23.2 Å². The molecule has 1 aromatic rings. The number of likely N-dealkylation sites (tertiary alicyclic amines) is 1. The Balaban J connectivity index is 2.14. The van der Waals surface area contributed by atoms with Crippen molar-refractivity contribution in [2.45, 2.75) is 46.5 Å². The largest absolute Gasteiger partial charge is 0.466 e. The van der Waals surface area contributed by atoms with Gasteiger partial charge in [-0.1, -0.05) is 13.8 Å². The van der Waals surface area contributed by atoms with Crippen molar-refractivity contribution < 1.29 is 14.3 Å². The Morgan fingerprint density at radius 2 is 2.18 bits per heavy atom. The average Bonchev–Trinajstić information content (AvgIpc) is 2.89. The number of carbonyl (C=O) groups is 2. The van der Waals surface area contributed by atoms with Gasteiger partial charge in [0.2, 0.25) is 0 Å². The first-order valence-electron chi connectivity index (χ1n) is 7.87. The van der Waals surface area contributed by atoms with Gasteiger partial charge in [0, 0.05) is 13.1 Å². The van der Waals surface area contributed by atoms with E-state index < -0.39 is 0 Å². The van der Waals surface area contributed by atoms with E-state index in [2.05, 4.69) is 4.98 Å². The lowest BCUT2D eigenvalue weighted by molar-refractivity contribution is -0.149. The van der Waals surface area contributed by atoms with Crippen LogP contribution in [0.15, 0.2) is 0 Å². The normalized spacial score (nSPS) is 18.6. The number of carbonyl (C=O) groups excluding carboxylic acids is 2. The standard InChI is InChI=1S/C16H24N2O3S/c1-5-21-16(20)12-7-6-8-18(9-12)15(19)14-13(10(2)3)17-11(4)22-14/h10,12H,5-9H2,1-4H3. The quantitative estimate of drug-likeness (QED) is 0.799. The van der Waals surface area contributed by atoms with Crippen LogP contribution in [0.4, 0.5) is 0 Å². The number of esters is 1. The molecule has 0 radical (unpaired) electrons. The Morgan fingerprint density at radius 3 is 2.82 bits per heavy atom. The Morgan fingerprint density at radius 1 is 1.45 bits per heavy atom. The average molecular weight is 324 g/mol. The number of aryl methyl sites for hydroxylation is 1. The van der Waals surface area contributed by atoms with Gasteiger partial charge in [-0.3, -0.25) is 9.59 Å². The lowest BCUT2D eigenvalue weighted by Crippen LogP contribution is -2.42. The highest BCUT2D eigenvalue weighted by molar-refractivity contribution is 7.13. The Labute approximate surface area is 135 Å². The first-order chi connectivity index (χ1) is 10.4. The monoisotopic (exact) mass is 324 g/mol. The van der Waals surface area contributed by atoms with E-state index in [1.807, 2.05) is 20.8 Å². The third kappa shape index (κ3) is 3.66. The van der Waals surface area contributed by atoms with Crippen molar-refractivity contribution in [2.75, 3.05) is 19.7 Å². The van der Waals surface area contributed by atoms with Crippen molar-refractivity contribution in [3.63, 3.8) is 0 Å². The number of thiazole rings is 1. The van der Waals surface area contributed by atoms with Crippen molar-refractivity contribution in [1.29, 1.82) is 0 Å². The number of nitrogens with zero attached hydrogens (tertiary/aromatic N) is 2. The number of amides is 1. The molecule has 0 aromatic carbocycles. The summed E-state index contributed by atoms with van der Waals surface area (Å²) in [6, 6.07) is 0. The molecular weight excluding hydrogens is 300 g/mol. The van der Waals surface area contributed by atoms with Gasteiger partial charge in [-0.25, -0.2) is 4.98 Å². The summed E-state index contributed by atoms with van der Waals surface area (Å²) in [7, 11) is 0. The summed E-state index contributed by atoms with van der Waals surface area (Å²) >= 11 is 1.45. The molecule has 1 aliphatic rings. The topological polar surface area (TPSA) is 59.5 Å². The van der Waals surface area contributed by atoms with Crippen molar-refractivity contribution in [2.24, 2.45) is 5.92 Å². The predicted octanol–water partition coefficient (Wildman–Crippen LogP) is 2.99. The molecule has 0 N–H and O–H groups in total. The third-order valence-corrected chi connectivity index (χ3v) is 4.80. The molecule has 2 heterocycles. The molecule has 0 saturated carbocycles. The highest BCUT2D eigenvalue weighted by Crippen LogP contribution is 2.28. The molecule has 1 amide bonds. The highest BCUT2D eigenvalue weighted by Gasteiger charge is 2.31. The molecule has 0 aliphatic carbocycles. The SMILES string of the molecule is CCOC(=O)C1CCCN(C(=O)c2sc(C)nc2C(C)C)C1. The minimum atomic E-state index is -0.200. The molecule has 1 aliphatic heterocycles. The Kier molecular flexibility index (Phi) is 5.56. The maximum absolute atomic E-state index is 12.8. The van der Waals surface area contributed by atoms with E-state index in [1.54, 1.807) is 11.8 Å². The number of aromatic nitrogens is 1. The molecular formula is C16H24N2O3S. The minimum Gasteiger partial charge on any atom is -0.466 e. The molecule has 1 unspecified atom stereocenters. The smallest absolute Gasteiger partial charge is 0.310 e. The zero-order valence-electron chi connectivity index (χ0n) is 13.7. The van der Waals surface area contributed by atoms with Crippen LogP contribution in [0.25, 0.3) is 0 Å². The number of hydrogen-bond acceptors (Lipinski definition) is 5. The summed E-state index contributed by atoms with van der Waals surface area (Å²) in [4.78, 5) is 31.7. The van der Waals surface area contributed by atoms with Gasteiger partial charge in [0.1, 0.15) is 4.88 Å². The van der Waals surface area contributed by atoms with Crippen LogP contribution in [0.2, 0.25) is 0 Å². The molecule has 6 heteroatoms. The van der Waals surface area contributed by atoms with E-state index in [1.165, 1.54) is 11.3 Å². The van der Waals surface area contributed by atoms with Crippen molar-refractivity contribution in [3.8, 4) is 0 Å². The second-order valence-electron chi connectivity index (χ2n) is 5.94. The van der Waals surface area contributed by atoms with Crippen molar-refractivity contribution in [1.82, 2.24) is 9.88 Å². The molecule has 0 bridgehead atoms. The number of hydrogen-bond donors (Lipinski definition) is 0. The second kappa shape index (κ2) is 7.22. The van der Waals surface area contributed by atoms with E-state index in [0.717, 1.165) is 28.4 Å². The molecule has 1 fully saturated rings. The highest BCUT2D eigenvalue weighted by atomic mass is 32.1. The Hall–Kier alpha value is -1.43. The van der Waals surface area contributed by atoms with Gasteiger partial charge in [-0.15, -0.1) is 11.3 Å². The second-order valence-corrected chi connectivity index (χ2v) is 7.15. The van der Waals surface area contributed by atoms with Crippen LogP contribution in [-0.4, -0.2) is 41.5 Å². The zero-order valence-corrected chi connectivity index (χ0v) is 14.5. The molecule has 5 nitrogen and oxygen atoms in total. The summed E-state index contributed by atoms with van der Waals surface area (Å²) in [5.41, 5.74) is 0.866. The maximum Gasteiger partial charge on any atom is 0.310 e. The fourth-order valence-electron chi connectivity index (χ4n) is 2.75. The Bertz CT molecular complexity index is 554. The predicted molar refractivity (Wildman–Crippen MR) is 86.2 cm³/mol. The summed E-state index contributed by atoms with van der Waals surface area (Å²) in [6.45, 7) is 9.35. The first-order valence-corrected chi connectivity index (χ1v) is 8.68. The van der Waals surface area contributed by atoms with E-state index in [4.69, 9.17) is 4.74 Å². The lowest BCUT2D eigenvalue weighted by Gasteiger charge is -2.31. The van der Waals surface area contributed by atoms with Gasteiger partial charge >= 0.3 is 5.97 Å². The summed E-state index contributed by atoms with van der Waals surface area (Å²) < 4.78 is 5.09. The number of ether oxygens (including phenoxy) is 1. The molecule has 1 aromatic heterocycles. The molecule has 0 spiro atoms. The third-order valence-electron chi connectivity index (χ3n) is 3.83. The zero-order chi connectivity index (χ0) is 16.3. The molecule has 1 atom stereocenters. The molecule has 2 rings (SSSR count). The van der Waals surface area contributed by atoms with E-state index in [-0.39, 0.29) is 23.7 Å². The van der Waals surface area contributed by atoms with Gasteiger partial charge in [-0.05, 0) is 32.6 Å². The van der Waals surface area contributed by atoms with E-state index >= 15 is 0 Å². The van der Waals surface area contributed by atoms with Gasteiger partial charge in [0.15, 0.2) is 0 Å². The van der Waals surface area contributed by atoms with Gasteiger partial charge < -0.3 is 9.64 Å². The summed E-state index contributed by atoms with van der Waals surface area (Å²) in [5, 5.41) is 0.908. The van der Waals surface area contributed by atoms with Crippen molar-refractivity contribution in [3.05, 3.63) is 15.6 Å². The number of piperidine rings is 1. The first kappa shape index (κ1) is 16.9. The molecule has 122 valence electrons. The van der Waals surface area contributed by atoms with E-state index in [9.17, 15) is 9.59 Å². The van der Waals surface area contributed by atoms with Crippen LogP contribution in [0.1, 0.15) is 59.9 Å². The fourth-order valence-corrected chi connectivity index (χ4v) is 3.79. The number of rotatable bonds is 4. The summed E-state index contributed by atoms with van der Waals surface area (Å²) in [6.07, 6.45) is 1.63. The van der Waals surface area contributed by atoms with Crippen LogP contribution >= 0.6 is 11.3 Å². The van der Waals surface area contributed by atoms with Crippen LogP contribution in [-0.2, 0) is 9.53 Å². The summed E-state index contributed by atoms with van der Waals surface area (Å²) in [5.74, 6) is -0.170. The maximum atomic E-state index is 12.8. The van der Waals surface area contributed by atoms with Gasteiger partial charge in [-0.2, -0.15) is 0 Å². The molecule has 22 heavy (non-hydrogen) atoms. The lowest BCUT2D eigenvalue weighted by atomic mass is 9.97. The van der Waals surface area contributed by atoms with E-state index in [0.29, 0.717) is 19.7 Å². The van der Waals surface area contributed by atoms with Gasteiger partial charge in [0.25, 0.3) is 5.91 Å². The molecule has 1 saturated heterocycles.